The fourth-order valence-corrected chi connectivity index (χ4v) is 3.49. The zero-order valence-corrected chi connectivity index (χ0v) is 15.8. The summed E-state index contributed by atoms with van der Waals surface area (Å²) in [4.78, 5) is 25.0. The summed E-state index contributed by atoms with van der Waals surface area (Å²) >= 11 is 1.61. The molecule has 0 radical (unpaired) electrons. The van der Waals surface area contributed by atoms with Crippen LogP contribution < -0.4 is 15.8 Å². The first-order chi connectivity index (χ1) is 11.7. The van der Waals surface area contributed by atoms with Crippen LogP contribution in [0.5, 0.6) is 5.75 Å². The van der Waals surface area contributed by atoms with Gasteiger partial charge < -0.3 is 15.8 Å². The monoisotopic (exact) mass is 360 g/mol. The van der Waals surface area contributed by atoms with E-state index in [2.05, 4.69) is 26.1 Å². The van der Waals surface area contributed by atoms with Crippen LogP contribution >= 0.6 is 11.3 Å². The van der Waals surface area contributed by atoms with E-state index in [-0.39, 0.29) is 29.5 Å². The molecule has 0 saturated carbocycles. The predicted octanol–water partition coefficient (Wildman–Crippen LogP) is 3.44. The number of hydrogen-bond acceptors (Lipinski definition) is 4. The third kappa shape index (κ3) is 5.06. The lowest BCUT2D eigenvalue weighted by Gasteiger charge is -2.30. The van der Waals surface area contributed by atoms with Crippen molar-refractivity contribution in [2.24, 2.45) is 11.1 Å². The normalized spacial score (nSPS) is 12.5. The summed E-state index contributed by atoms with van der Waals surface area (Å²) in [7, 11) is 0. The Morgan fingerprint density at radius 2 is 2.00 bits per heavy atom. The Balaban J connectivity index is 2.08. The molecular weight excluding hydrogens is 336 g/mol. The summed E-state index contributed by atoms with van der Waals surface area (Å²) in [5.74, 6) is -0.502. The number of hydrogen-bond donors (Lipinski definition) is 2. The van der Waals surface area contributed by atoms with Gasteiger partial charge in [-0.3, -0.25) is 9.59 Å². The minimum Gasteiger partial charge on any atom is -0.483 e. The van der Waals surface area contributed by atoms with E-state index in [0.717, 1.165) is 10.4 Å². The Bertz CT molecular complexity index is 749. The lowest BCUT2D eigenvalue weighted by Crippen LogP contribution is -2.38. The van der Waals surface area contributed by atoms with Crippen molar-refractivity contribution < 1.29 is 14.3 Å². The van der Waals surface area contributed by atoms with Crippen molar-refractivity contribution >= 4 is 23.2 Å². The van der Waals surface area contributed by atoms with Crippen LogP contribution in [0, 0.1) is 12.3 Å². The minimum atomic E-state index is -0.582. The maximum Gasteiger partial charge on any atom is 0.258 e. The highest BCUT2D eigenvalue weighted by molar-refractivity contribution is 7.10. The molecule has 0 aliphatic carbocycles. The second kappa shape index (κ2) is 7.70. The van der Waals surface area contributed by atoms with Crippen LogP contribution in [0.25, 0.3) is 0 Å². The number of carbonyl (C=O) groups excluding carboxylic acids is 2. The van der Waals surface area contributed by atoms with Crippen LogP contribution in [0.3, 0.4) is 0 Å². The largest absolute Gasteiger partial charge is 0.483 e. The number of aryl methyl sites for hydroxylation is 1. The molecule has 0 aliphatic heterocycles. The molecular formula is C19H24N2O3S. The van der Waals surface area contributed by atoms with Crippen LogP contribution in [-0.4, -0.2) is 18.4 Å². The number of carbonyl (C=O) groups is 2. The van der Waals surface area contributed by atoms with Gasteiger partial charge in [0.25, 0.3) is 11.8 Å². The fourth-order valence-electron chi connectivity index (χ4n) is 2.47. The molecule has 1 heterocycles. The average Bonchev–Trinajstić information content (AvgIpc) is 3.03. The fraction of sp³-hybridized carbons (Fsp3) is 0.368. The van der Waals surface area contributed by atoms with Crippen molar-refractivity contribution in [2.75, 3.05) is 6.61 Å². The van der Waals surface area contributed by atoms with Crippen LogP contribution in [0.15, 0.2) is 35.7 Å². The van der Waals surface area contributed by atoms with E-state index in [1.54, 1.807) is 29.5 Å². The molecule has 1 atom stereocenters. The third-order valence-corrected chi connectivity index (χ3v) is 4.70. The van der Waals surface area contributed by atoms with E-state index in [1.807, 2.05) is 24.4 Å². The maximum atomic E-state index is 12.4. The molecule has 2 amide bonds. The quantitative estimate of drug-likeness (QED) is 0.828. The van der Waals surface area contributed by atoms with E-state index < -0.39 is 5.91 Å². The Kier molecular flexibility index (Phi) is 5.85. The van der Waals surface area contributed by atoms with Crippen LogP contribution in [-0.2, 0) is 4.79 Å². The van der Waals surface area contributed by atoms with Gasteiger partial charge in [-0.1, -0.05) is 32.9 Å². The first-order valence-corrected chi connectivity index (χ1v) is 8.92. The molecule has 1 aromatic heterocycles. The molecule has 2 aromatic rings. The number of ether oxygens (including phenoxy) is 1. The Morgan fingerprint density at radius 3 is 2.56 bits per heavy atom. The molecule has 0 aliphatic rings. The maximum absolute atomic E-state index is 12.4. The van der Waals surface area contributed by atoms with Gasteiger partial charge in [0.2, 0.25) is 0 Å². The first kappa shape index (κ1) is 19.0. The van der Waals surface area contributed by atoms with Crippen molar-refractivity contribution in [1.29, 1.82) is 0 Å². The van der Waals surface area contributed by atoms with Crippen molar-refractivity contribution in [3.05, 3.63) is 51.7 Å². The van der Waals surface area contributed by atoms with E-state index in [9.17, 15) is 9.59 Å². The summed E-state index contributed by atoms with van der Waals surface area (Å²) in [6.45, 7) is 7.92. The highest BCUT2D eigenvalue weighted by Crippen LogP contribution is 2.35. The van der Waals surface area contributed by atoms with Crippen molar-refractivity contribution in [1.82, 2.24) is 5.32 Å². The van der Waals surface area contributed by atoms with Crippen LogP contribution in [0.4, 0.5) is 0 Å². The second-order valence-corrected chi connectivity index (χ2v) is 8.01. The molecule has 0 bridgehead atoms. The zero-order valence-electron chi connectivity index (χ0n) is 15.0. The van der Waals surface area contributed by atoms with Crippen molar-refractivity contribution in [3.63, 3.8) is 0 Å². The van der Waals surface area contributed by atoms with E-state index in [4.69, 9.17) is 10.5 Å². The number of primary amides is 1. The SMILES string of the molecule is Cc1ccc(C(N)=O)c(OCC(=O)NC(c2cccs2)C(C)(C)C)c1. The predicted molar refractivity (Wildman–Crippen MR) is 99.8 cm³/mol. The lowest BCUT2D eigenvalue weighted by molar-refractivity contribution is -0.124. The summed E-state index contributed by atoms with van der Waals surface area (Å²) in [6, 6.07) is 8.94. The number of thiophene rings is 1. The molecule has 0 spiro atoms. The van der Waals surface area contributed by atoms with Gasteiger partial charge in [-0.15, -0.1) is 11.3 Å². The Hall–Kier alpha value is -2.34. The molecule has 0 fully saturated rings. The second-order valence-electron chi connectivity index (χ2n) is 7.03. The molecule has 5 nitrogen and oxygen atoms in total. The number of rotatable bonds is 6. The summed E-state index contributed by atoms with van der Waals surface area (Å²) < 4.78 is 5.56. The number of nitrogens with one attached hydrogen (secondary N) is 1. The number of benzene rings is 1. The molecule has 1 unspecified atom stereocenters. The van der Waals surface area contributed by atoms with Crippen LogP contribution in [0.2, 0.25) is 0 Å². The average molecular weight is 360 g/mol. The van der Waals surface area contributed by atoms with Gasteiger partial charge in [-0.2, -0.15) is 0 Å². The standard InChI is InChI=1S/C19H24N2O3S/c1-12-7-8-13(18(20)23)14(10-12)24-11-16(22)21-17(19(2,3)4)15-6-5-9-25-15/h5-10,17H,11H2,1-4H3,(H2,20,23)(H,21,22). The molecule has 6 heteroatoms. The van der Waals surface area contributed by atoms with Crippen molar-refractivity contribution in [2.45, 2.75) is 33.7 Å². The summed E-state index contributed by atoms with van der Waals surface area (Å²) in [6.07, 6.45) is 0. The topological polar surface area (TPSA) is 81.4 Å². The highest BCUT2D eigenvalue weighted by Gasteiger charge is 2.28. The van der Waals surface area contributed by atoms with E-state index in [1.165, 1.54) is 0 Å². The van der Waals surface area contributed by atoms with Gasteiger partial charge in [0, 0.05) is 4.88 Å². The first-order valence-electron chi connectivity index (χ1n) is 8.04. The zero-order chi connectivity index (χ0) is 18.6. The smallest absolute Gasteiger partial charge is 0.258 e. The molecule has 0 saturated heterocycles. The van der Waals surface area contributed by atoms with Gasteiger partial charge in [0.1, 0.15) is 5.75 Å². The third-order valence-electron chi connectivity index (χ3n) is 3.76. The molecule has 2 rings (SSSR count). The number of nitrogens with two attached hydrogens (primary N) is 1. The minimum absolute atomic E-state index is 0.114. The molecule has 3 N–H and O–H groups in total. The molecule has 1 aromatic carbocycles. The van der Waals surface area contributed by atoms with Gasteiger partial charge in [-0.25, -0.2) is 0 Å². The number of amides is 2. The van der Waals surface area contributed by atoms with Gasteiger partial charge >= 0.3 is 0 Å². The molecule has 25 heavy (non-hydrogen) atoms. The van der Waals surface area contributed by atoms with Gasteiger partial charge in [0.05, 0.1) is 11.6 Å². The lowest BCUT2D eigenvalue weighted by atomic mass is 9.86. The van der Waals surface area contributed by atoms with Crippen LogP contribution in [0.1, 0.15) is 47.6 Å². The molecule has 134 valence electrons. The Morgan fingerprint density at radius 1 is 1.28 bits per heavy atom. The van der Waals surface area contributed by atoms with Gasteiger partial charge in [0.15, 0.2) is 6.61 Å². The Labute approximate surface area is 152 Å². The highest BCUT2D eigenvalue weighted by atomic mass is 32.1. The van der Waals surface area contributed by atoms with E-state index >= 15 is 0 Å². The van der Waals surface area contributed by atoms with E-state index in [0.29, 0.717) is 5.75 Å². The summed E-state index contributed by atoms with van der Waals surface area (Å²) in [5, 5.41) is 5.01. The summed E-state index contributed by atoms with van der Waals surface area (Å²) in [5.41, 5.74) is 6.41. The van der Waals surface area contributed by atoms with Gasteiger partial charge in [-0.05, 0) is 41.5 Å². The van der Waals surface area contributed by atoms with Crippen molar-refractivity contribution in [3.8, 4) is 5.75 Å².